The zero-order chi connectivity index (χ0) is 9.68. The molecule has 0 amide bonds. The Morgan fingerprint density at radius 3 is 2.77 bits per heavy atom. The molecule has 0 fully saturated rings. The van der Waals surface area contributed by atoms with E-state index >= 15 is 0 Å². The molecule has 13 heavy (non-hydrogen) atoms. The molecule has 0 atom stereocenters. The highest BCUT2D eigenvalue weighted by atomic mass is 16.3. The molecule has 0 spiro atoms. The van der Waals surface area contributed by atoms with Crippen LogP contribution in [-0.4, -0.2) is 13.1 Å². The maximum Gasteiger partial charge on any atom is 0.107 e. The average Bonchev–Trinajstić information content (AvgIpc) is 2.45. The summed E-state index contributed by atoms with van der Waals surface area (Å²) in [5.74, 6) is 1.83. The lowest BCUT2D eigenvalue weighted by Crippen LogP contribution is -2.22. The first-order valence-electron chi connectivity index (χ1n) is 4.94. The van der Waals surface area contributed by atoms with Crippen molar-refractivity contribution in [3.05, 3.63) is 23.7 Å². The number of nitrogens with one attached hydrogen (secondary N) is 1. The molecule has 2 heteroatoms. The van der Waals surface area contributed by atoms with Crippen LogP contribution in [0.15, 0.2) is 16.7 Å². The van der Waals surface area contributed by atoms with Gasteiger partial charge in [0.15, 0.2) is 0 Å². The fourth-order valence-corrected chi connectivity index (χ4v) is 1.25. The number of rotatable bonds is 5. The standard InChI is InChI=1S/C11H19NO/c1-9(2)8-12-6-4-11-10(3)5-7-13-11/h5,7,9,12H,4,6,8H2,1-3H3. The van der Waals surface area contributed by atoms with E-state index in [1.54, 1.807) is 6.26 Å². The van der Waals surface area contributed by atoms with Crippen molar-refractivity contribution in [2.75, 3.05) is 13.1 Å². The van der Waals surface area contributed by atoms with Crippen LogP contribution in [0.2, 0.25) is 0 Å². The highest BCUT2D eigenvalue weighted by Gasteiger charge is 2.00. The molecule has 2 nitrogen and oxygen atoms in total. The maximum absolute atomic E-state index is 5.33. The largest absolute Gasteiger partial charge is 0.469 e. The van der Waals surface area contributed by atoms with Gasteiger partial charge in [0, 0.05) is 13.0 Å². The second-order valence-electron chi connectivity index (χ2n) is 3.87. The van der Waals surface area contributed by atoms with Gasteiger partial charge in [-0.25, -0.2) is 0 Å². The molecule has 1 heterocycles. The molecule has 1 rings (SSSR count). The Morgan fingerprint density at radius 1 is 1.46 bits per heavy atom. The summed E-state index contributed by atoms with van der Waals surface area (Å²) in [5.41, 5.74) is 1.26. The molecular formula is C11H19NO. The zero-order valence-corrected chi connectivity index (χ0v) is 8.76. The molecule has 0 aliphatic carbocycles. The topological polar surface area (TPSA) is 25.2 Å². The van der Waals surface area contributed by atoms with Crippen molar-refractivity contribution < 1.29 is 4.42 Å². The van der Waals surface area contributed by atoms with Gasteiger partial charge in [0.25, 0.3) is 0 Å². The molecule has 0 bridgehead atoms. The van der Waals surface area contributed by atoms with E-state index in [1.165, 1.54) is 5.56 Å². The van der Waals surface area contributed by atoms with Gasteiger partial charge < -0.3 is 9.73 Å². The van der Waals surface area contributed by atoms with Gasteiger partial charge in [0.2, 0.25) is 0 Å². The summed E-state index contributed by atoms with van der Waals surface area (Å²) in [6.07, 6.45) is 2.75. The van der Waals surface area contributed by atoms with E-state index in [1.807, 2.05) is 6.07 Å². The second-order valence-corrected chi connectivity index (χ2v) is 3.87. The molecule has 0 saturated heterocycles. The van der Waals surface area contributed by atoms with E-state index in [0.717, 1.165) is 31.2 Å². The van der Waals surface area contributed by atoms with E-state index in [-0.39, 0.29) is 0 Å². The summed E-state index contributed by atoms with van der Waals surface area (Å²) in [4.78, 5) is 0. The lowest BCUT2D eigenvalue weighted by atomic mass is 10.2. The van der Waals surface area contributed by atoms with Crippen LogP contribution in [0.1, 0.15) is 25.2 Å². The molecule has 1 aromatic rings. The van der Waals surface area contributed by atoms with E-state index in [0.29, 0.717) is 0 Å². The molecule has 0 radical (unpaired) electrons. The highest BCUT2D eigenvalue weighted by molar-refractivity contribution is 5.14. The van der Waals surface area contributed by atoms with E-state index < -0.39 is 0 Å². The highest BCUT2D eigenvalue weighted by Crippen LogP contribution is 2.08. The maximum atomic E-state index is 5.33. The third-order valence-electron chi connectivity index (χ3n) is 2.05. The smallest absolute Gasteiger partial charge is 0.107 e. The SMILES string of the molecule is Cc1ccoc1CCNCC(C)C. The monoisotopic (exact) mass is 181 g/mol. The van der Waals surface area contributed by atoms with Gasteiger partial charge in [-0.15, -0.1) is 0 Å². The Hall–Kier alpha value is -0.760. The lowest BCUT2D eigenvalue weighted by molar-refractivity contribution is 0.485. The molecule has 1 aromatic heterocycles. The van der Waals surface area contributed by atoms with Crippen LogP contribution in [0, 0.1) is 12.8 Å². The van der Waals surface area contributed by atoms with Crippen LogP contribution in [0.5, 0.6) is 0 Å². The molecule has 1 N–H and O–H groups in total. The van der Waals surface area contributed by atoms with Crippen molar-refractivity contribution in [1.29, 1.82) is 0 Å². The first kappa shape index (κ1) is 10.3. The van der Waals surface area contributed by atoms with Crippen LogP contribution < -0.4 is 5.32 Å². The fourth-order valence-electron chi connectivity index (χ4n) is 1.25. The van der Waals surface area contributed by atoms with Gasteiger partial charge in [-0.1, -0.05) is 13.8 Å². The molecule has 0 saturated carbocycles. The minimum Gasteiger partial charge on any atom is -0.469 e. The molecule has 0 unspecified atom stereocenters. The minimum atomic E-state index is 0.720. The summed E-state index contributed by atoms with van der Waals surface area (Å²) in [6, 6.07) is 2.01. The first-order chi connectivity index (χ1) is 6.20. The van der Waals surface area contributed by atoms with E-state index in [9.17, 15) is 0 Å². The van der Waals surface area contributed by atoms with Gasteiger partial charge in [-0.05, 0) is 31.0 Å². The van der Waals surface area contributed by atoms with Crippen molar-refractivity contribution in [1.82, 2.24) is 5.32 Å². The summed E-state index contributed by atoms with van der Waals surface area (Å²) in [7, 11) is 0. The first-order valence-corrected chi connectivity index (χ1v) is 4.94. The Bertz CT molecular complexity index is 240. The Balaban J connectivity index is 2.17. The molecule has 0 aromatic carbocycles. The van der Waals surface area contributed by atoms with Crippen molar-refractivity contribution in [2.24, 2.45) is 5.92 Å². The second kappa shape index (κ2) is 5.07. The summed E-state index contributed by atoms with van der Waals surface area (Å²) in [6.45, 7) is 8.60. The number of furan rings is 1. The molecular weight excluding hydrogens is 162 g/mol. The fraction of sp³-hybridized carbons (Fsp3) is 0.636. The summed E-state index contributed by atoms with van der Waals surface area (Å²) in [5, 5.41) is 3.39. The normalized spacial score (nSPS) is 11.1. The van der Waals surface area contributed by atoms with Gasteiger partial charge in [-0.2, -0.15) is 0 Å². The van der Waals surface area contributed by atoms with Crippen molar-refractivity contribution in [3.8, 4) is 0 Å². The lowest BCUT2D eigenvalue weighted by Gasteiger charge is -2.06. The van der Waals surface area contributed by atoms with Crippen LogP contribution in [0.25, 0.3) is 0 Å². The third kappa shape index (κ3) is 3.64. The van der Waals surface area contributed by atoms with E-state index in [4.69, 9.17) is 4.42 Å². The minimum absolute atomic E-state index is 0.720. The Labute approximate surface area is 80.3 Å². The van der Waals surface area contributed by atoms with Crippen molar-refractivity contribution >= 4 is 0 Å². The molecule has 74 valence electrons. The van der Waals surface area contributed by atoms with Gasteiger partial charge in [-0.3, -0.25) is 0 Å². The molecule has 0 aliphatic heterocycles. The predicted octanol–water partition coefficient (Wildman–Crippen LogP) is 2.38. The summed E-state index contributed by atoms with van der Waals surface area (Å²) >= 11 is 0. The number of hydrogen-bond acceptors (Lipinski definition) is 2. The van der Waals surface area contributed by atoms with Gasteiger partial charge in [0.05, 0.1) is 6.26 Å². The predicted molar refractivity (Wildman–Crippen MR) is 54.9 cm³/mol. The number of aryl methyl sites for hydroxylation is 1. The molecule has 0 aliphatic rings. The van der Waals surface area contributed by atoms with Crippen LogP contribution in [0.3, 0.4) is 0 Å². The van der Waals surface area contributed by atoms with Crippen LogP contribution in [0.4, 0.5) is 0 Å². The van der Waals surface area contributed by atoms with Crippen molar-refractivity contribution in [3.63, 3.8) is 0 Å². The van der Waals surface area contributed by atoms with Gasteiger partial charge >= 0.3 is 0 Å². The van der Waals surface area contributed by atoms with E-state index in [2.05, 4.69) is 26.1 Å². The Morgan fingerprint density at radius 2 is 2.23 bits per heavy atom. The average molecular weight is 181 g/mol. The third-order valence-corrected chi connectivity index (χ3v) is 2.05. The Kier molecular flexibility index (Phi) is 4.03. The summed E-state index contributed by atoms with van der Waals surface area (Å²) < 4.78 is 5.33. The quantitative estimate of drug-likeness (QED) is 0.705. The van der Waals surface area contributed by atoms with Crippen LogP contribution in [-0.2, 0) is 6.42 Å². The number of hydrogen-bond donors (Lipinski definition) is 1. The van der Waals surface area contributed by atoms with Crippen LogP contribution >= 0.6 is 0 Å². The van der Waals surface area contributed by atoms with Crippen molar-refractivity contribution in [2.45, 2.75) is 27.2 Å². The zero-order valence-electron chi connectivity index (χ0n) is 8.76. The van der Waals surface area contributed by atoms with Gasteiger partial charge in [0.1, 0.15) is 5.76 Å².